The highest BCUT2D eigenvalue weighted by atomic mass is 32.1. The fourth-order valence-corrected chi connectivity index (χ4v) is 4.84. The summed E-state index contributed by atoms with van der Waals surface area (Å²) >= 11 is 1.71. The summed E-state index contributed by atoms with van der Waals surface area (Å²) < 4.78 is 0. The lowest BCUT2D eigenvalue weighted by atomic mass is 9.85. The maximum Gasteiger partial charge on any atom is 0.186 e. The van der Waals surface area contributed by atoms with E-state index in [1.807, 2.05) is 0 Å². The lowest BCUT2D eigenvalue weighted by molar-refractivity contribution is 0.283. The van der Waals surface area contributed by atoms with Gasteiger partial charge in [-0.15, -0.1) is 0 Å². The molecule has 19 heavy (non-hydrogen) atoms. The average Bonchev–Trinajstić information content (AvgIpc) is 3.01. The topological polar surface area (TPSA) is 36.4 Å². The normalized spacial score (nSPS) is 27.1. The number of anilines is 1. The zero-order valence-corrected chi connectivity index (χ0v) is 12.7. The van der Waals surface area contributed by atoms with Gasteiger partial charge in [-0.05, 0) is 31.1 Å². The molecule has 106 valence electrons. The van der Waals surface area contributed by atoms with Crippen molar-refractivity contribution in [3.05, 3.63) is 10.6 Å². The van der Waals surface area contributed by atoms with Gasteiger partial charge in [-0.2, -0.15) is 0 Å². The van der Waals surface area contributed by atoms with Gasteiger partial charge >= 0.3 is 0 Å². The molecule has 1 saturated heterocycles. The summed E-state index contributed by atoms with van der Waals surface area (Å²) in [5, 5.41) is 10.7. The molecule has 1 saturated carbocycles. The SMILES string of the molecule is CC(C)c1nc(N2CCC3CCCCC32)sc1CO. The molecule has 1 aromatic heterocycles. The van der Waals surface area contributed by atoms with Crippen molar-refractivity contribution in [1.82, 2.24) is 4.98 Å². The van der Waals surface area contributed by atoms with E-state index in [0.29, 0.717) is 12.0 Å². The van der Waals surface area contributed by atoms with Gasteiger partial charge < -0.3 is 10.0 Å². The van der Waals surface area contributed by atoms with E-state index in [1.54, 1.807) is 11.3 Å². The molecule has 1 aliphatic heterocycles. The molecular formula is C15H24N2OS. The quantitative estimate of drug-likeness (QED) is 0.920. The van der Waals surface area contributed by atoms with Gasteiger partial charge in [-0.1, -0.05) is 38.0 Å². The lowest BCUT2D eigenvalue weighted by Crippen LogP contribution is -2.34. The van der Waals surface area contributed by atoms with Crippen LogP contribution in [0.4, 0.5) is 5.13 Å². The average molecular weight is 280 g/mol. The van der Waals surface area contributed by atoms with Gasteiger partial charge in [-0.3, -0.25) is 0 Å². The number of rotatable bonds is 3. The van der Waals surface area contributed by atoms with E-state index in [4.69, 9.17) is 4.98 Å². The summed E-state index contributed by atoms with van der Waals surface area (Å²) in [6.07, 6.45) is 6.83. The first kappa shape index (κ1) is 13.4. The smallest absolute Gasteiger partial charge is 0.186 e. The number of aliphatic hydroxyl groups is 1. The second kappa shape index (κ2) is 5.41. The predicted octanol–water partition coefficient (Wildman–Crippen LogP) is 3.53. The van der Waals surface area contributed by atoms with Crippen molar-refractivity contribution in [3.63, 3.8) is 0 Å². The second-order valence-corrected chi connectivity index (χ2v) is 7.27. The third kappa shape index (κ3) is 2.40. The molecule has 4 heteroatoms. The maximum atomic E-state index is 9.51. The van der Waals surface area contributed by atoms with Crippen molar-refractivity contribution in [2.75, 3.05) is 11.4 Å². The van der Waals surface area contributed by atoms with Crippen molar-refractivity contribution in [1.29, 1.82) is 0 Å². The number of nitrogens with zero attached hydrogens (tertiary/aromatic N) is 2. The van der Waals surface area contributed by atoms with Crippen LogP contribution in [0.2, 0.25) is 0 Å². The minimum absolute atomic E-state index is 0.132. The van der Waals surface area contributed by atoms with E-state index in [1.165, 1.54) is 32.1 Å². The van der Waals surface area contributed by atoms with Gasteiger partial charge in [0.2, 0.25) is 0 Å². The molecule has 2 fully saturated rings. The van der Waals surface area contributed by atoms with Crippen molar-refractivity contribution >= 4 is 16.5 Å². The number of fused-ring (bicyclic) bond motifs is 1. The molecule has 0 spiro atoms. The Bertz CT molecular complexity index is 443. The van der Waals surface area contributed by atoms with Crippen LogP contribution in [0.3, 0.4) is 0 Å². The first-order chi connectivity index (χ1) is 9.20. The number of thiazole rings is 1. The van der Waals surface area contributed by atoms with Gasteiger partial charge in [0.1, 0.15) is 0 Å². The Balaban J connectivity index is 1.86. The van der Waals surface area contributed by atoms with Gasteiger partial charge in [0.25, 0.3) is 0 Å². The van der Waals surface area contributed by atoms with E-state index in [2.05, 4.69) is 18.7 Å². The van der Waals surface area contributed by atoms with Gasteiger partial charge in [0.15, 0.2) is 5.13 Å². The highest BCUT2D eigenvalue weighted by molar-refractivity contribution is 7.15. The number of aromatic nitrogens is 1. The summed E-state index contributed by atoms with van der Waals surface area (Å²) in [5.74, 6) is 1.29. The number of hydrogen-bond acceptors (Lipinski definition) is 4. The van der Waals surface area contributed by atoms with Gasteiger partial charge in [0.05, 0.1) is 17.2 Å². The molecule has 3 rings (SSSR count). The van der Waals surface area contributed by atoms with E-state index in [9.17, 15) is 5.11 Å². The Hall–Kier alpha value is -0.610. The largest absolute Gasteiger partial charge is 0.391 e. The van der Waals surface area contributed by atoms with Crippen LogP contribution in [-0.4, -0.2) is 22.7 Å². The monoisotopic (exact) mass is 280 g/mol. The van der Waals surface area contributed by atoms with Crippen molar-refractivity contribution in [2.45, 2.75) is 64.5 Å². The van der Waals surface area contributed by atoms with Crippen LogP contribution in [0.25, 0.3) is 0 Å². The first-order valence-electron chi connectivity index (χ1n) is 7.57. The molecule has 0 radical (unpaired) electrons. The highest BCUT2D eigenvalue weighted by Crippen LogP contribution is 2.41. The zero-order valence-electron chi connectivity index (χ0n) is 11.9. The minimum atomic E-state index is 0.132. The Morgan fingerprint density at radius 1 is 1.32 bits per heavy atom. The van der Waals surface area contributed by atoms with Crippen LogP contribution in [-0.2, 0) is 6.61 Å². The third-order valence-corrected chi connectivity index (χ3v) is 5.76. The molecule has 2 atom stereocenters. The fraction of sp³-hybridized carbons (Fsp3) is 0.800. The van der Waals surface area contributed by atoms with Crippen molar-refractivity contribution in [2.24, 2.45) is 5.92 Å². The molecule has 1 aromatic rings. The Morgan fingerprint density at radius 2 is 2.11 bits per heavy atom. The second-order valence-electron chi connectivity index (χ2n) is 6.21. The van der Waals surface area contributed by atoms with Crippen LogP contribution in [0.15, 0.2) is 0 Å². The van der Waals surface area contributed by atoms with Crippen LogP contribution in [0, 0.1) is 5.92 Å². The highest BCUT2D eigenvalue weighted by Gasteiger charge is 2.37. The molecule has 1 N–H and O–H groups in total. The number of aliphatic hydroxyl groups excluding tert-OH is 1. The molecule has 0 bridgehead atoms. The molecule has 2 unspecified atom stereocenters. The molecule has 1 aliphatic carbocycles. The van der Waals surface area contributed by atoms with Crippen LogP contribution in [0.1, 0.15) is 62.4 Å². The Morgan fingerprint density at radius 3 is 2.79 bits per heavy atom. The summed E-state index contributed by atoms with van der Waals surface area (Å²) in [6, 6.07) is 0.714. The third-order valence-electron chi connectivity index (χ3n) is 4.66. The van der Waals surface area contributed by atoms with Gasteiger partial charge in [-0.25, -0.2) is 4.98 Å². The summed E-state index contributed by atoms with van der Waals surface area (Å²) in [6.45, 7) is 5.61. The Labute approximate surface area is 119 Å². The summed E-state index contributed by atoms with van der Waals surface area (Å²) in [4.78, 5) is 8.42. The first-order valence-corrected chi connectivity index (χ1v) is 8.39. The maximum absolute atomic E-state index is 9.51. The van der Waals surface area contributed by atoms with E-state index >= 15 is 0 Å². The molecule has 0 aromatic carbocycles. The molecular weight excluding hydrogens is 256 g/mol. The van der Waals surface area contributed by atoms with Gasteiger partial charge in [0, 0.05) is 12.6 Å². The summed E-state index contributed by atoms with van der Waals surface area (Å²) in [5.41, 5.74) is 1.10. The molecule has 0 amide bonds. The standard InChI is InChI=1S/C15H24N2OS/c1-10(2)14-13(9-18)19-15(16-14)17-8-7-11-5-3-4-6-12(11)17/h10-12,18H,3-9H2,1-2H3. The lowest BCUT2D eigenvalue weighted by Gasteiger charge is -2.31. The van der Waals surface area contributed by atoms with E-state index in [0.717, 1.165) is 28.2 Å². The van der Waals surface area contributed by atoms with E-state index in [-0.39, 0.29) is 6.61 Å². The van der Waals surface area contributed by atoms with Crippen LogP contribution < -0.4 is 4.90 Å². The van der Waals surface area contributed by atoms with Crippen LogP contribution >= 0.6 is 11.3 Å². The Kier molecular flexibility index (Phi) is 3.81. The molecule has 2 aliphatic rings. The minimum Gasteiger partial charge on any atom is -0.391 e. The molecule has 2 heterocycles. The number of hydrogen-bond donors (Lipinski definition) is 1. The van der Waals surface area contributed by atoms with E-state index < -0.39 is 0 Å². The summed E-state index contributed by atoms with van der Waals surface area (Å²) in [7, 11) is 0. The van der Waals surface area contributed by atoms with Crippen LogP contribution in [0.5, 0.6) is 0 Å². The van der Waals surface area contributed by atoms with Crippen molar-refractivity contribution in [3.8, 4) is 0 Å². The zero-order chi connectivity index (χ0) is 13.4. The fourth-order valence-electron chi connectivity index (χ4n) is 3.68. The predicted molar refractivity (Wildman–Crippen MR) is 79.8 cm³/mol. The van der Waals surface area contributed by atoms with Crippen molar-refractivity contribution < 1.29 is 5.11 Å². The molecule has 3 nitrogen and oxygen atoms in total.